The fourth-order valence-electron chi connectivity index (χ4n) is 8.35. The molecule has 7 rings (SSSR count). The maximum atomic E-state index is 16.9. The summed E-state index contributed by atoms with van der Waals surface area (Å²) in [5.74, 6) is -0.762. The Morgan fingerprint density at radius 2 is 1.96 bits per heavy atom. The van der Waals surface area contributed by atoms with Gasteiger partial charge in [0.15, 0.2) is 5.82 Å². The fraction of sp³-hybridized carbons (Fsp3) is 0.500. The van der Waals surface area contributed by atoms with Crippen molar-refractivity contribution in [3.63, 3.8) is 0 Å². The smallest absolute Gasteiger partial charge is 0.319 e. The first-order valence-electron chi connectivity index (χ1n) is 16.8. The van der Waals surface area contributed by atoms with Crippen molar-refractivity contribution in [2.24, 2.45) is 5.41 Å². The van der Waals surface area contributed by atoms with E-state index in [2.05, 4.69) is 31.7 Å². The SMILES string of the molecule is C=C(F)/C=C\c1cc(O)cc(-c2ncc3c(N4CCC[C@]5(CNC(=O)C5)C4)nc(OCC45CCCN4CCC5)nc3c2F)c1CCC. The lowest BCUT2D eigenvalue weighted by atomic mass is 9.79. The number of carbonyl (C=O) groups is 1. The molecule has 9 nitrogen and oxygen atoms in total. The number of ether oxygens (including phenoxy) is 1. The van der Waals surface area contributed by atoms with E-state index in [1.54, 1.807) is 6.20 Å². The van der Waals surface area contributed by atoms with Crippen molar-refractivity contribution in [1.29, 1.82) is 0 Å². The van der Waals surface area contributed by atoms with Crippen LogP contribution in [0.4, 0.5) is 14.6 Å². The fourth-order valence-corrected chi connectivity index (χ4v) is 8.35. The highest BCUT2D eigenvalue weighted by Crippen LogP contribution is 2.42. The summed E-state index contributed by atoms with van der Waals surface area (Å²) in [6.45, 7) is 9.74. The van der Waals surface area contributed by atoms with Crippen LogP contribution >= 0.6 is 0 Å². The molecule has 4 fully saturated rings. The topological polar surface area (TPSA) is 104 Å². The molecule has 1 spiro atoms. The van der Waals surface area contributed by atoms with E-state index in [1.807, 2.05) is 6.92 Å². The van der Waals surface area contributed by atoms with E-state index in [-0.39, 0.29) is 39.8 Å². The molecule has 4 aliphatic rings. The average molecular weight is 645 g/mol. The van der Waals surface area contributed by atoms with Gasteiger partial charge in [0.2, 0.25) is 5.91 Å². The molecular formula is C36H42F2N6O3. The molecule has 0 bridgehead atoms. The van der Waals surface area contributed by atoms with Crippen LogP contribution in [0.2, 0.25) is 0 Å². The van der Waals surface area contributed by atoms with Crippen LogP contribution in [0.5, 0.6) is 11.8 Å². The number of carbonyl (C=O) groups excluding carboxylic acids is 1. The van der Waals surface area contributed by atoms with Crippen LogP contribution in [0.25, 0.3) is 28.2 Å². The Bertz CT molecular complexity index is 1750. The molecule has 4 saturated heterocycles. The van der Waals surface area contributed by atoms with Crippen LogP contribution in [0, 0.1) is 11.2 Å². The van der Waals surface area contributed by atoms with E-state index >= 15 is 4.39 Å². The van der Waals surface area contributed by atoms with Crippen LogP contribution in [-0.2, 0) is 11.2 Å². The van der Waals surface area contributed by atoms with E-state index in [9.17, 15) is 14.3 Å². The molecule has 0 aliphatic carbocycles. The number of nitrogens with one attached hydrogen (secondary N) is 1. The number of phenols is 1. The number of phenolic OH excluding ortho intramolecular Hbond substituents is 1. The minimum atomic E-state index is -0.644. The Morgan fingerprint density at radius 3 is 2.68 bits per heavy atom. The van der Waals surface area contributed by atoms with Gasteiger partial charge in [0.1, 0.15) is 35.2 Å². The van der Waals surface area contributed by atoms with Gasteiger partial charge in [-0.1, -0.05) is 26.0 Å². The molecule has 6 heterocycles. The van der Waals surface area contributed by atoms with Crippen LogP contribution in [-0.4, -0.2) is 75.7 Å². The first kappa shape index (κ1) is 31.5. The lowest BCUT2D eigenvalue weighted by Crippen LogP contribution is -2.45. The van der Waals surface area contributed by atoms with Gasteiger partial charge in [-0.25, -0.2) is 8.78 Å². The van der Waals surface area contributed by atoms with Crippen molar-refractivity contribution in [3.05, 3.63) is 53.8 Å². The standard InChI is InChI=1S/C36H42F2N6O3/c1-3-7-26-24(9-8-23(2)37)16-25(45)17-27(26)31-30(38)32-28(19-39-31)33(43-13-4-10-35(21-43)18-29(46)40-20-35)42-34(41-32)47-22-36-11-5-14-44(36)15-6-12-36/h8-9,16-17,19,45H,2-7,10-15,18,20-22H2,1H3,(H,40,46)/b9-8-/t35-/m0/s1. The number of hydrogen-bond acceptors (Lipinski definition) is 8. The number of aromatic hydroxyl groups is 1. The van der Waals surface area contributed by atoms with Crippen molar-refractivity contribution in [1.82, 2.24) is 25.2 Å². The van der Waals surface area contributed by atoms with Crippen LogP contribution < -0.4 is 15.0 Å². The molecule has 47 heavy (non-hydrogen) atoms. The van der Waals surface area contributed by atoms with E-state index in [0.717, 1.165) is 63.6 Å². The molecule has 248 valence electrons. The molecule has 2 aromatic heterocycles. The molecule has 11 heteroatoms. The normalized spacial score (nSPS) is 22.4. The first-order valence-corrected chi connectivity index (χ1v) is 16.8. The largest absolute Gasteiger partial charge is 0.508 e. The highest BCUT2D eigenvalue weighted by molar-refractivity contribution is 5.92. The monoisotopic (exact) mass is 644 g/mol. The molecule has 1 aromatic carbocycles. The zero-order valence-electron chi connectivity index (χ0n) is 27.0. The van der Waals surface area contributed by atoms with Crippen molar-refractivity contribution in [3.8, 4) is 23.0 Å². The molecule has 4 aliphatic heterocycles. The number of fused-ring (bicyclic) bond motifs is 2. The summed E-state index contributed by atoms with van der Waals surface area (Å²) in [4.78, 5) is 31.1. The van der Waals surface area contributed by atoms with Gasteiger partial charge >= 0.3 is 6.01 Å². The summed E-state index contributed by atoms with van der Waals surface area (Å²) in [7, 11) is 0. The summed E-state index contributed by atoms with van der Waals surface area (Å²) in [6, 6.07) is 3.14. The number of benzene rings is 1. The minimum Gasteiger partial charge on any atom is -0.508 e. The second-order valence-corrected chi connectivity index (χ2v) is 13.8. The zero-order valence-corrected chi connectivity index (χ0v) is 27.0. The predicted molar refractivity (Wildman–Crippen MR) is 177 cm³/mol. The van der Waals surface area contributed by atoms with E-state index < -0.39 is 11.6 Å². The lowest BCUT2D eigenvalue weighted by Gasteiger charge is -2.40. The van der Waals surface area contributed by atoms with Crippen LogP contribution in [0.1, 0.15) is 69.4 Å². The molecule has 1 atom stereocenters. The number of aromatic nitrogens is 3. The van der Waals surface area contributed by atoms with Crippen LogP contribution in [0.3, 0.4) is 0 Å². The van der Waals surface area contributed by atoms with Crippen molar-refractivity contribution in [2.45, 2.75) is 70.3 Å². The van der Waals surface area contributed by atoms with E-state index in [4.69, 9.17) is 9.72 Å². The number of amides is 1. The Kier molecular flexibility index (Phi) is 8.36. The Balaban J connectivity index is 1.34. The van der Waals surface area contributed by atoms with Gasteiger partial charge in [-0.15, -0.1) is 0 Å². The summed E-state index contributed by atoms with van der Waals surface area (Å²) in [5.41, 5.74) is 1.58. The van der Waals surface area contributed by atoms with Gasteiger partial charge in [0.25, 0.3) is 0 Å². The first-order chi connectivity index (χ1) is 22.7. The number of anilines is 1. The van der Waals surface area contributed by atoms with Gasteiger partial charge in [-0.3, -0.25) is 14.7 Å². The number of nitrogens with zero attached hydrogens (tertiary/aromatic N) is 5. The Morgan fingerprint density at radius 1 is 1.17 bits per heavy atom. The highest BCUT2D eigenvalue weighted by atomic mass is 19.1. The number of rotatable bonds is 9. The molecular weight excluding hydrogens is 602 g/mol. The summed E-state index contributed by atoms with van der Waals surface area (Å²) in [5, 5.41) is 14.1. The summed E-state index contributed by atoms with van der Waals surface area (Å²) < 4.78 is 36.9. The number of halogens is 2. The number of hydrogen-bond donors (Lipinski definition) is 2. The highest BCUT2D eigenvalue weighted by Gasteiger charge is 2.45. The third-order valence-corrected chi connectivity index (χ3v) is 10.5. The van der Waals surface area contributed by atoms with Gasteiger partial charge in [0.05, 0.1) is 10.9 Å². The van der Waals surface area contributed by atoms with E-state index in [1.165, 1.54) is 24.3 Å². The second kappa shape index (κ2) is 12.5. The van der Waals surface area contributed by atoms with Gasteiger partial charge in [0, 0.05) is 43.2 Å². The Labute approximate surface area is 273 Å². The second-order valence-electron chi connectivity index (χ2n) is 13.8. The number of piperidine rings is 1. The summed E-state index contributed by atoms with van der Waals surface area (Å²) >= 11 is 0. The van der Waals surface area contributed by atoms with Crippen molar-refractivity contribution >= 4 is 28.7 Å². The maximum Gasteiger partial charge on any atom is 0.319 e. The molecule has 0 saturated carbocycles. The third-order valence-electron chi connectivity index (χ3n) is 10.5. The molecule has 0 radical (unpaired) electrons. The quantitative estimate of drug-likeness (QED) is 0.270. The zero-order chi connectivity index (χ0) is 32.8. The minimum absolute atomic E-state index is 0.0400. The number of allylic oxidation sites excluding steroid dienone is 2. The van der Waals surface area contributed by atoms with Crippen molar-refractivity contribution in [2.75, 3.05) is 44.2 Å². The average Bonchev–Trinajstić information content (AvgIpc) is 3.74. The molecule has 1 amide bonds. The lowest BCUT2D eigenvalue weighted by molar-refractivity contribution is -0.119. The number of pyridine rings is 1. The van der Waals surface area contributed by atoms with Crippen molar-refractivity contribution < 1.29 is 23.4 Å². The predicted octanol–water partition coefficient (Wildman–Crippen LogP) is 6.10. The van der Waals surface area contributed by atoms with E-state index in [0.29, 0.717) is 61.4 Å². The third kappa shape index (κ3) is 5.94. The van der Waals surface area contributed by atoms with Gasteiger partial charge in [-0.2, -0.15) is 9.97 Å². The maximum absolute atomic E-state index is 16.9. The molecule has 3 aromatic rings. The van der Waals surface area contributed by atoms with Gasteiger partial charge in [-0.05, 0) is 87.4 Å². The van der Waals surface area contributed by atoms with Gasteiger partial charge < -0.3 is 20.1 Å². The molecule has 2 N–H and O–H groups in total. The molecule has 0 unspecified atom stereocenters. The Hall–Kier alpha value is -4.12. The summed E-state index contributed by atoms with van der Waals surface area (Å²) in [6.07, 6.45) is 12.2. The van der Waals surface area contributed by atoms with Crippen LogP contribution in [0.15, 0.2) is 36.8 Å².